The molecule has 2 N–H and O–H groups in total. The number of hydrogen-bond donors (Lipinski definition) is 1. The molecule has 0 spiro atoms. The maximum absolute atomic E-state index is 13.5. The van der Waals surface area contributed by atoms with Gasteiger partial charge in [-0.2, -0.15) is 5.10 Å². The predicted molar refractivity (Wildman–Crippen MR) is 115 cm³/mol. The summed E-state index contributed by atoms with van der Waals surface area (Å²) in [6.07, 6.45) is 2.03. The van der Waals surface area contributed by atoms with Crippen LogP contribution in [-0.2, 0) is 7.05 Å². The highest BCUT2D eigenvalue weighted by Gasteiger charge is 2.20. The fourth-order valence-electron chi connectivity index (χ4n) is 3.27. The van der Waals surface area contributed by atoms with E-state index in [0.717, 1.165) is 27.3 Å². The van der Waals surface area contributed by atoms with Gasteiger partial charge in [-0.1, -0.05) is 18.2 Å². The molecule has 2 heterocycles. The number of thioether (sulfide) groups is 1. The van der Waals surface area contributed by atoms with Gasteiger partial charge in [-0.3, -0.25) is 9.36 Å². The van der Waals surface area contributed by atoms with Gasteiger partial charge >= 0.3 is 0 Å². The van der Waals surface area contributed by atoms with Gasteiger partial charge in [0.25, 0.3) is 5.56 Å². The lowest BCUT2D eigenvalue weighted by Crippen LogP contribution is -2.22. The second-order valence-electron chi connectivity index (χ2n) is 6.78. The molecule has 0 aliphatic carbocycles. The Morgan fingerprint density at radius 3 is 2.39 bits per heavy atom. The molecule has 4 rings (SSSR count). The van der Waals surface area contributed by atoms with E-state index in [1.54, 1.807) is 28.1 Å². The van der Waals surface area contributed by atoms with Crippen LogP contribution in [0.15, 0.2) is 52.2 Å². The molecule has 0 amide bonds. The van der Waals surface area contributed by atoms with E-state index in [1.165, 1.54) is 0 Å². The number of fused-ring (bicyclic) bond motifs is 1. The Hall–Kier alpha value is -3.06. The summed E-state index contributed by atoms with van der Waals surface area (Å²) in [6.45, 7) is 4.08. The molecule has 0 unspecified atom stereocenters. The van der Waals surface area contributed by atoms with Crippen LogP contribution >= 0.6 is 11.8 Å². The van der Waals surface area contributed by atoms with Gasteiger partial charge in [0.05, 0.1) is 5.69 Å². The van der Waals surface area contributed by atoms with E-state index in [9.17, 15) is 4.79 Å². The van der Waals surface area contributed by atoms with E-state index < -0.39 is 0 Å². The molecule has 28 heavy (non-hydrogen) atoms. The minimum absolute atomic E-state index is 0.192. The van der Waals surface area contributed by atoms with Crippen molar-refractivity contribution in [1.29, 1.82) is 0 Å². The van der Waals surface area contributed by atoms with Crippen LogP contribution < -0.4 is 11.3 Å². The van der Waals surface area contributed by atoms with Crippen LogP contribution in [0, 0.1) is 13.8 Å². The summed E-state index contributed by atoms with van der Waals surface area (Å²) < 4.78 is 3.18. The molecule has 2 aromatic carbocycles. The van der Waals surface area contributed by atoms with Gasteiger partial charge < -0.3 is 5.73 Å². The molecule has 142 valence electrons. The fraction of sp³-hybridized carbons (Fsp3) is 0.190. The van der Waals surface area contributed by atoms with Gasteiger partial charge in [-0.15, -0.1) is 11.8 Å². The van der Waals surface area contributed by atoms with Crippen LogP contribution in [-0.4, -0.2) is 25.6 Å². The third-order valence-corrected chi connectivity index (χ3v) is 5.73. The van der Waals surface area contributed by atoms with Crippen molar-refractivity contribution >= 4 is 28.6 Å². The lowest BCUT2D eigenvalue weighted by Gasteiger charge is -2.14. The number of rotatable bonds is 3. The maximum atomic E-state index is 13.5. The zero-order valence-electron chi connectivity index (χ0n) is 16.2. The Kier molecular flexibility index (Phi) is 4.47. The number of nitrogens with zero attached hydrogens (tertiary/aromatic N) is 4. The number of aromatic nitrogens is 4. The minimum Gasteiger partial charge on any atom is -0.381 e. The molecule has 0 aliphatic rings. The lowest BCUT2D eigenvalue weighted by atomic mass is 10.1. The molecule has 0 aliphatic heterocycles. The lowest BCUT2D eigenvalue weighted by molar-refractivity contribution is 0.788. The van der Waals surface area contributed by atoms with Crippen molar-refractivity contribution in [2.24, 2.45) is 7.05 Å². The van der Waals surface area contributed by atoms with Crippen molar-refractivity contribution in [2.75, 3.05) is 12.0 Å². The molecule has 0 radical (unpaired) electrons. The molecular weight excluding hydrogens is 370 g/mol. The van der Waals surface area contributed by atoms with Crippen molar-refractivity contribution in [2.45, 2.75) is 18.7 Å². The highest BCUT2D eigenvalue weighted by molar-refractivity contribution is 7.98. The summed E-state index contributed by atoms with van der Waals surface area (Å²) in [5.74, 6) is 0.758. The van der Waals surface area contributed by atoms with Gasteiger partial charge in [0.1, 0.15) is 11.2 Å². The summed E-state index contributed by atoms with van der Waals surface area (Å²) in [5, 5.41) is 4.53. The third kappa shape index (κ3) is 2.88. The van der Waals surface area contributed by atoms with E-state index in [2.05, 4.69) is 5.10 Å². The smallest absolute Gasteiger partial charge is 0.271 e. The SMILES string of the molecule is CSc1ccc(-c2nc3c(c(N)nn3C)c(=O)n2-c2ccc(C)c(C)c2)cc1. The number of nitrogens with two attached hydrogens (primary N) is 1. The largest absolute Gasteiger partial charge is 0.381 e. The van der Waals surface area contributed by atoms with E-state index in [4.69, 9.17) is 10.7 Å². The number of hydrogen-bond acceptors (Lipinski definition) is 5. The Morgan fingerprint density at radius 2 is 1.75 bits per heavy atom. The molecule has 7 heteroatoms. The first-order valence-corrected chi connectivity index (χ1v) is 10.1. The first-order chi connectivity index (χ1) is 13.4. The monoisotopic (exact) mass is 391 g/mol. The van der Waals surface area contributed by atoms with Gasteiger partial charge in [0.15, 0.2) is 11.5 Å². The van der Waals surface area contributed by atoms with E-state index in [1.807, 2.05) is 62.6 Å². The molecular formula is C21H21N5OS. The van der Waals surface area contributed by atoms with Gasteiger partial charge in [0, 0.05) is 17.5 Å². The number of benzene rings is 2. The van der Waals surface area contributed by atoms with Crippen LogP contribution in [0.1, 0.15) is 11.1 Å². The quantitative estimate of drug-likeness (QED) is 0.539. The molecule has 0 saturated carbocycles. The summed E-state index contributed by atoms with van der Waals surface area (Å²) in [7, 11) is 1.74. The summed E-state index contributed by atoms with van der Waals surface area (Å²) in [5.41, 5.74) is 10.2. The summed E-state index contributed by atoms with van der Waals surface area (Å²) >= 11 is 1.67. The third-order valence-electron chi connectivity index (χ3n) is 4.98. The second kappa shape index (κ2) is 6.83. The first-order valence-electron chi connectivity index (χ1n) is 8.88. The van der Waals surface area contributed by atoms with Crippen LogP contribution in [0.25, 0.3) is 28.1 Å². The predicted octanol–water partition coefficient (Wildman–Crippen LogP) is 3.71. The molecule has 0 atom stereocenters. The molecule has 2 aromatic heterocycles. The Bertz CT molecular complexity index is 1250. The minimum atomic E-state index is -0.220. The maximum Gasteiger partial charge on any atom is 0.271 e. The highest BCUT2D eigenvalue weighted by atomic mass is 32.2. The Balaban J connectivity index is 2.10. The van der Waals surface area contributed by atoms with E-state index >= 15 is 0 Å². The van der Waals surface area contributed by atoms with Crippen molar-refractivity contribution in [3.05, 3.63) is 63.9 Å². The summed E-state index contributed by atoms with van der Waals surface area (Å²) in [6, 6.07) is 14.0. The summed E-state index contributed by atoms with van der Waals surface area (Å²) in [4.78, 5) is 19.4. The topological polar surface area (TPSA) is 78.7 Å². The molecule has 0 bridgehead atoms. The van der Waals surface area contributed by atoms with Gasteiger partial charge in [-0.25, -0.2) is 9.67 Å². The highest BCUT2D eigenvalue weighted by Crippen LogP contribution is 2.26. The van der Waals surface area contributed by atoms with Crippen LogP contribution in [0.2, 0.25) is 0 Å². The molecule has 0 fully saturated rings. The fourth-order valence-corrected chi connectivity index (χ4v) is 3.67. The first kappa shape index (κ1) is 18.3. The molecule has 4 aromatic rings. The average Bonchev–Trinajstić information content (AvgIpc) is 2.98. The second-order valence-corrected chi connectivity index (χ2v) is 7.66. The van der Waals surface area contributed by atoms with E-state index in [0.29, 0.717) is 16.9 Å². The normalized spacial score (nSPS) is 11.3. The zero-order chi connectivity index (χ0) is 20.0. The number of aryl methyl sites for hydroxylation is 3. The standard InChI is InChI=1S/C21H21N5OS/c1-12-5-8-15(11-13(12)2)26-19(14-6-9-16(28-4)10-7-14)23-20-17(21(26)27)18(22)24-25(20)3/h5-11H,1-4H3,(H2,22,24). The molecule has 6 nitrogen and oxygen atoms in total. The Morgan fingerprint density at radius 1 is 1.04 bits per heavy atom. The van der Waals surface area contributed by atoms with Crippen molar-refractivity contribution in [3.8, 4) is 17.1 Å². The van der Waals surface area contributed by atoms with Crippen LogP contribution in [0.5, 0.6) is 0 Å². The molecule has 0 saturated heterocycles. The van der Waals surface area contributed by atoms with Crippen molar-refractivity contribution < 1.29 is 0 Å². The Labute approximate surface area is 167 Å². The van der Waals surface area contributed by atoms with Gasteiger partial charge in [0.2, 0.25) is 0 Å². The van der Waals surface area contributed by atoms with Crippen LogP contribution in [0.3, 0.4) is 0 Å². The van der Waals surface area contributed by atoms with Gasteiger partial charge in [-0.05, 0) is 55.5 Å². The van der Waals surface area contributed by atoms with Crippen LogP contribution in [0.4, 0.5) is 5.82 Å². The van der Waals surface area contributed by atoms with E-state index in [-0.39, 0.29) is 11.4 Å². The number of anilines is 1. The van der Waals surface area contributed by atoms with Crippen molar-refractivity contribution in [1.82, 2.24) is 19.3 Å². The van der Waals surface area contributed by atoms with Crippen molar-refractivity contribution in [3.63, 3.8) is 0 Å². The zero-order valence-corrected chi connectivity index (χ0v) is 17.0. The average molecular weight is 392 g/mol. The number of nitrogen functional groups attached to an aromatic ring is 1.